The molecule has 0 bridgehead atoms. The molecule has 1 amide bonds. The maximum absolute atomic E-state index is 12.3. The summed E-state index contributed by atoms with van der Waals surface area (Å²) < 4.78 is 0. The number of benzene rings is 1. The van der Waals surface area contributed by atoms with Crippen molar-refractivity contribution < 1.29 is 14.7 Å². The molecular formula is C16H14N2O3. The number of hydrogen-bond donors (Lipinski definition) is 2. The average Bonchev–Trinajstić information content (AvgIpc) is 2.72. The van der Waals surface area contributed by atoms with Crippen LogP contribution in [0.15, 0.2) is 42.7 Å². The molecule has 2 N–H and O–H groups in total. The predicted octanol–water partition coefficient (Wildman–Crippen LogP) is 1.80. The van der Waals surface area contributed by atoms with Crippen molar-refractivity contribution in [2.24, 2.45) is 0 Å². The average molecular weight is 282 g/mol. The Morgan fingerprint density at radius 2 is 2.19 bits per heavy atom. The fraction of sp³-hybridized carbons (Fsp3) is 0.188. The van der Waals surface area contributed by atoms with Gasteiger partial charge in [-0.05, 0) is 25.1 Å². The van der Waals surface area contributed by atoms with Crippen molar-refractivity contribution in [3.05, 3.63) is 59.4 Å². The first-order valence-electron chi connectivity index (χ1n) is 6.59. The lowest BCUT2D eigenvalue weighted by molar-refractivity contribution is -0.133. The number of carbonyl (C=O) groups excluding carboxylic acids is 2. The molecule has 1 aromatic carbocycles. The van der Waals surface area contributed by atoms with E-state index in [0.29, 0.717) is 16.8 Å². The van der Waals surface area contributed by atoms with Crippen molar-refractivity contribution in [1.29, 1.82) is 0 Å². The number of aromatic nitrogens is 1. The molecule has 5 nitrogen and oxygen atoms in total. The van der Waals surface area contributed by atoms with E-state index in [1.165, 1.54) is 6.20 Å². The van der Waals surface area contributed by atoms with E-state index < -0.39 is 11.5 Å². The third kappa shape index (κ3) is 2.21. The maximum atomic E-state index is 12.3. The van der Waals surface area contributed by atoms with Gasteiger partial charge in [-0.2, -0.15) is 0 Å². The largest absolute Gasteiger partial charge is 0.375 e. The second-order valence-corrected chi connectivity index (χ2v) is 5.21. The van der Waals surface area contributed by atoms with Gasteiger partial charge in [0.15, 0.2) is 11.4 Å². The molecule has 0 aliphatic carbocycles. The Morgan fingerprint density at radius 1 is 1.38 bits per heavy atom. The Hall–Kier alpha value is -2.53. The summed E-state index contributed by atoms with van der Waals surface area (Å²) in [6.45, 7) is 1.87. The third-order valence-corrected chi connectivity index (χ3v) is 3.64. The van der Waals surface area contributed by atoms with Crippen LogP contribution in [-0.4, -0.2) is 21.8 Å². The lowest BCUT2D eigenvalue weighted by Gasteiger charge is -2.20. The number of ketones is 1. The Labute approximate surface area is 121 Å². The molecule has 1 atom stereocenters. The standard InChI is InChI=1S/C16H14N2O3/c1-10-4-5-13-12(7-10)16(21,15(20)18-13)8-14(19)11-3-2-6-17-9-11/h2-7,9,21H,8H2,1H3,(H,18,20)/t16-/m1/s1. The van der Waals surface area contributed by atoms with Crippen LogP contribution in [0.1, 0.15) is 27.9 Å². The number of amides is 1. The van der Waals surface area contributed by atoms with Crippen molar-refractivity contribution in [3.63, 3.8) is 0 Å². The minimum Gasteiger partial charge on any atom is -0.375 e. The monoisotopic (exact) mass is 282 g/mol. The van der Waals surface area contributed by atoms with Crippen LogP contribution in [-0.2, 0) is 10.4 Å². The molecule has 2 aromatic rings. The molecule has 106 valence electrons. The summed E-state index contributed by atoms with van der Waals surface area (Å²) in [5.74, 6) is -0.893. The molecule has 1 aromatic heterocycles. The van der Waals surface area contributed by atoms with E-state index in [-0.39, 0.29) is 12.2 Å². The first-order valence-corrected chi connectivity index (χ1v) is 6.59. The minimum absolute atomic E-state index is 0.305. The zero-order chi connectivity index (χ0) is 15.0. The van der Waals surface area contributed by atoms with Crippen molar-refractivity contribution >= 4 is 17.4 Å². The first kappa shape index (κ1) is 13.5. The fourth-order valence-corrected chi connectivity index (χ4v) is 2.49. The number of aryl methyl sites for hydroxylation is 1. The molecule has 0 fully saturated rings. The second kappa shape index (κ2) is 4.79. The zero-order valence-corrected chi connectivity index (χ0v) is 11.5. The summed E-state index contributed by atoms with van der Waals surface area (Å²) in [7, 11) is 0. The Bertz CT molecular complexity index is 728. The number of carbonyl (C=O) groups is 2. The number of aliphatic hydroxyl groups is 1. The number of anilines is 1. The lowest BCUT2D eigenvalue weighted by Crippen LogP contribution is -2.36. The molecule has 5 heteroatoms. The Balaban J connectivity index is 1.97. The molecule has 1 aliphatic heterocycles. The van der Waals surface area contributed by atoms with E-state index in [9.17, 15) is 14.7 Å². The van der Waals surface area contributed by atoms with Crippen LogP contribution in [0, 0.1) is 6.92 Å². The van der Waals surface area contributed by atoms with Crippen LogP contribution in [0.5, 0.6) is 0 Å². The van der Waals surface area contributed by atoms with Gasteiger partial charge in [0.1, 0.15) is 0 Å². The van der Waals surface area contributed by atoms with Crippen LogP contribution in [0.25, 0.3) is 0 Å². The van der Waals surface area contributed by atoms with Gasteiger partial charge in [-0.3, -0.25) is 14.6 Å². The van der Waals surface area contributed by atoms with Crippen LogP contribution in [0.4, 0.5) is 5.69 Å². The van der Waals surface area contributed by atoms with Gasteiger partial charge in [0.25, 0.3) is 5.91 Å². The molecule has 0 unspecified atom stereocenters. The number of nitrogens with zero attached hydrogens (tertiary/aromatic N) is 1. The van der Waals surface area contributed by atoms with Gasteiger partial charge in [0, 0.05) is 29.2 Å². The third-order valence-electron chi connectivity index (χ3n) is 3.64. The quantitative estimate of drug-likeness (QED) is 0.841. The molecule has 21 heavy (non-hydrogen) atoms. The molecule has 0 spiro atoms. The van der Waals surface area contributed by atoms with Gasteiger partial charge in [-0.15, -0.1) is 0 Å². The number of Topliss-reactive ketones (excluding diaryl/α,β-unsaturated/α-hetero) is 1. The summed E-state index contributed by atoms with van der Waals surface area (Å²) in [4.78, 5) is 28.2. The minimum atomic E-state index is -1.83. The van der Waals surface area contributed by atoms with Crippen molar-refractivity contribution in [2.45, 2.75) is 18.9 Å². The SMILES string of the molecule is Cc1ccc2c(c1)[C@](O)(CC(=O)c1cccnc1)C(=O)N2. The first-order chi connectivity index (χ1) is 10.0. The summed E-state index contributed by atoms with van der Waals surface area (Å²) in [6, 6.07) is 8.55. The smallest absolute Gasteiger partial charge is 0.261 e. The van der Waals surface area contributed by atoms with Crippen molar-refractivity contribution in [2.75, 3.05) is 5.32 Å². The summed E-state index contributed by atoms with van der Waals surface area (Å²) in [6.07, 6.45) is 2.68. The summed E-state index contributed by atoms with van der Waals surface area (Å²) in [5, 5.41) is 13.3. The van der Waals surface area contributed by atoms with Crippen molar-refractivity contribution in [1.82, 2.24) is 4.98 Å². The van der Waals surface area contributed by atoms with Gasteiger partial charge < -0.3 is 10.4 Å². The number of fused-ring (bicyclic) bond motifs is 1. The van der Waals surface area contributed by atoms with Crippen LogP contribution in [0.3, 0.4) is 0 Å². The van der Waals surface area contributed by atoms with E-state index in [4.69, 9.17) is 0 Å². The van der Waals surface area contributed by atoms with Crippen molar-refractivity contribution in [3.8, 4) is 0 Å². The second-order valence-electron chi connectivity index (χ2n) is 5.21. The highest BCUT2D eigenvalue weighted by molar-refractivity contribution is 6.09. The number of nitrogens with one attached hydrogen (secondary N) is 1. The molecule has 0 saturated heterocycles. The van der Waals surface area contributed by atoms with E-state index in [1.54, 1.807) is 30.5 Å². The summed E-state index contributed by atoms with van der Waals surface area (Å²) >= 11 is 0. The fourth-order valence-electron chi connectivity index (χ4n) is 2.49. The molecule has 0 saturated carbocycles. The highest BCUT2D eigenvalue weighted by Crippen LogP contribution is 2.39. The van der Waals surface area contributed by atoms with Crippen LogP contribution in [0.2, 0.25) is 0 Å². The summed E-state index contributed by atoms with van der Waals surface area (Å²) in [5.41, 5.74) is 0.461. The van der Waals surface area contributed by atoms with E-state index in [2.05, 4.69) is 10.3 Å². The van der Waals surface area contributed by atoms with Gasteiger partial charge in [-0.25, -0.2) is 0 Å². The molecule has 3 rings (SSSR count). The van der Waals surface area contributed by atoms with Crippen LogP contribution < -0.4 is 5.32 Å². The molecular weight excluding hydrogens is 268 g/mol. The maximum Gasteiger partial charge on any atom is 0.261 e. The highest BCUT2D eigenvalue weighted by atomic mass is 16.3. The van der Waals surface area contributed by atoms with Crippen LogP contribution >= 0.6 is 0 Å². The highest BCUT2D eigenvalue weighted by Gasteiger charge is 2.46. The number of hydrogen-bond acceptors (Lipinski definition) is 4. The zero-order valence-electron chi connectivity index (χ0n) is 11.5. The van der Waals surface area contributed by atoms with Gasteiger partial charge >= 0.3 is 0 Å². The molecule has 1 aliphatic rings. The Morgan fingerprint density at radius 3 is 2.90 bits per heavy atom. The van der Waals surface area contributed by atoms with Gasteiger partial charge in [-0.1, -0.05) is 17.7 Å². The van der Waals surface area contributed by atoms with Gasteiger partial charge in [0.2, 0.25) is 0 Å². The lowest BCUT2D eigenvalue weighted by atomic mass is 9.87. The van der Waals surface area contributed by atoms with E-state index in [0.717, 1.165) is 5.56 Å². The number of pyridine rings is 1. The topological polar surface area (TPSA) is 79.3 Å². The Kier molecular flexibility index (Phi) is 3.07. The van der Waals surface area contributed by atoms with E-state index >= 15 is 0 Å². The van der Waals surface area contributed by atoms with Gasteiger partial charge in [0.05, 0.1) is 6.42 Å². The number of rotatable bonds is 3. The normalized spacial score (nSPS) is 20.0. The predicted molar refractivity (Wildman–Crippen MR) is 76.9 cm³/mol. The van der Waals surface area contributed by atoms with E-state index in [1.807, 2.05) is 13.0 Å². The molecule has 0 radical (unpaired) electrons. The molecule has 2 heterocycles.